The molecule has 0 aliphatic rings. The van der Waals surface area contributed by atoms with E-state index in [9.17, 15) is 0 Å². The summed E-state index contributed by atoms with van der Waals surface area (Å²) < 4.78 is 0. The van der Waals surface area contributed by atoms with Crippen molar-refractivity contribution in [1.29, 1.82) is 5.26 Å². The molecule has 0 fully saturated rings. The second-order valence-electron chi connectivity index (χ2n) is 3.18. The Morgan fingerprint density at radius 2 is 1.87 bits per heavy atom. The Kier molecular flexibility index (Phi) is 2.82. The van der Waals surface area contributed by atoms with Gasteiger partial charge in [0.25, 0.3) is 0 Å². The zero-order chi connectivity index (χ0) is 10.7. The van der Waals surface area contributed by atoms with Gasteiger partial charge in [-0.2, -0.15) is 5.26 Å². The average molecular weight is 214 g/mol. The third kappa shape index (κ3) is 2.07. The lowest BCUT2D eigenvalue weighted by Crippen LogP contribution is -1.94. The first-order valence-electron chi connectivity index (χ1n) is 4.63. The molecule has 1 aromatic carbocycles. The first-order chi connectivity index (χ1) is 7.33. The summed E-state index contributed by atoms with van der Waals surface area (Å²) in [6.07, 6.45) is 0. The van der Waals surface area contributed by atoms with Gasteiger partial charge in [0.05, 0.1) is 0 Å². The fraction of sp³-hybridized carbons (Fsp3) is 0.0833. The van der Waals surface area contributed by atoms with Crippen LogP contribution in [0.4, 0.5) is 0 Å². The summed E-state index contributed by atoms with van der Waals surface area (Å²) in [7, 11) is 0. The summed E-state index contributed by atoms with van der Waals surface area (Å²) in [6, 6.07) is 14.1. The van der Waals surface area contributed by atoms with E-state index in [1.54, 1.807) is 0 Å². The van der Waals surface area contributed by atoms with E-state index in [-0.39, 0.29) is 0 Å². The number of nitrogens with zero attached hydrogens (tertiary/aromatic N) is 1. The fourth-order valence-electron chi connectivity index (χ4n) is 1.36. The molecule has 0 radical (unpaired) electrons. The van der Waals surface area contributed by atoms with Crippen LogP contribution < -0.4 is 5.73 Å². The Labute approximate surface area is 92.6 Å². The number of hydrogen-bond donors (Lipinski definition) is 1. The topological polar surface area (TPSA) is 49.8 Å². The SMILES string of the molecule is N#Cc1ccc(-c2ccc(CN)cc2)s1. The highest BCUT2D eigenvalue weighted by atomic mass is 32.1. The van der Waals surface area contributed by atoms with E-state index in [1.165, 1.54) is 11.3 Å². The molecule has 74 valence electrons. The molecule has 1 heterocycles. The van der Waals surface area contributed by atoms with Gasteiger partial charge in [-0.1, -0.05) is 24.3 Å². The molecule has 1 aromatic heterocycles. The summed E-state index contributed by atoms with van der Waals surface area (Å²) in [5.41, 5.74) is 7.78. The average Bonchev–Trinajstić information content (AvgIpc) is 2.78. The molecular weight excluding hydrogens is 204 g/mol. The van der Waals surface area contributed by atoms with Crippen LogP contribution in [0.15, 0.2) is 36.4 Å². The molecule has 0 bridgehead atoms. The molecule has 0 aliphatic carbocycles. The van der Waals surface area contributed by atoms with Crippen LogP contribution in [0.5, 0.6) is 0 Å². The molecule has 0 spiro atoms. The lowest BCUT2D eigenvalue weighted by atomic mass is 10.1. The quantitative estimate of drug-likeness (QED) is 0.835. The van der Waals surface area contributed by atoms with Gasteiger partial charge >= 0.3 is 0 Å². The van der Waals surface area contributed by atoms with Crippen LogP contribution >= 0.6 is 11.3 Å². The molecule has 0 atom stereocenters. The van der Waals surface area contributed by atoms with E-state index >= 15 is 0 Å². The van der Waals surface area contributed by atoms with Gasteiger partial charge in [0.2, 0.25) is 0 Å². The Bertz CT molecular complexity index is 491. The number of hydrogen-bond acceptors (Lipinski definition) is 3. The smallest absolute Gasteiger partial charge is 0.110 e. The number of nitrogens with two attached hydrogens (primary N) is 1. The summed E-state index contributed by atoms with van der Waals surface area (Å²) in [5.74, 6) is 0. The third-order valence-corrected chi connectivity index (χ3v) is 3.23. The van der Waals surface area contributed by atoms with E-state index in [4.69, 9.17) is 11.0 Å². The van der Waals surface area contributed by atoms with Crippen molar-refractivity contribution in [2.24, 2.45) is 5.73 Å². The van der Waals surface area contributed by atoms with Crippen LogP contribution in [-0.2, 0) is 6.54 Å². The molecule has 0 aliphatic heterocycles. The first kappa shape index (κ1) is 9.91. The van der Waals surface area contributed by atoms with Crippen molar-refractivity contribution < 1.29 is 0 Å². The minimum Gasteiger partial charge on any atom is -0.326 e. The molecule has 0 unspecified atom stereocenters. The largest absolute Gasteiger partial charge is 0.326 e. The van der Waals surface area contributed by atoms with Gasteiger partial charge in [0.1, 0.15) is 10.9 Å². The van der Waals surface area contributed by atoms with Crippen LogP contribution in [0.1, 0.15) is 10.4 Å². The Morgan fingerprint density at radius 3 is 2.40 bits per heavy atom. The molecule has 2 rings (SSSR count). The maximum absolute atomic E-state index is 8.72. The molecule has 0 saturated heterocycles. The molecule has 0 amide bonds. The van der Waals surface area contributed by atoms with Crippen LogP contribution in [0, 0.1) is 11.3 Å². The second-order valence-corrected chi connectivity index (χ2v) is 4.26. The van der Waals surface area contributed by atoms with Crippen molar-refractivity contribution >= 4 is 11.3 Å². The predicted octanol–water partition coefficient (Wildman–Crippen LogP) is 2.75. The van der Waals surface area contributed by atoms with Crippen molar-refractivity contribution in [3.63, 3.8) is 0 Å². The van der Waals surface area contributed by atoms with Gasteiger partial charge in [-0.3, -0.25) is 0 Å². The zero-order valence-electron chi connectivity index (χ0n) is 8.10. The lowest BCUT2D eigenvalue weighted by molar-refractivity contribution is 1.07. The molecular formula is C12H10N2S. The highest BCUT2D eigenvalue weighted by molar-refractivity contribution is 7.16. The van der Waals surface area contributed by atoms with Gasteiger partial charge in [-0.05, 0) is 23.3 Å². The summed E-state index contributed by atoms with van der Waals surface area (Å²) in [4.78, 5) is 1.86. The number of rotatable bonds is 2. The maximum Gasteiger partial charge on any atom is 0.110 e. The normalized spacial score (nSPS) is 9.87. The lowest BCUT2D eigenvalue weighted by Gasteiger charge is -1.99. The number of thiophene rings is 1. The van der Waals surface area contributed by atoms with Gasteiger partial charge in [0, 0.05) is 11.4 Å². The van der Waals surface area contributed by atoms with Crippen LogP contribution in [0.25, 0.3) is 10.4 Å². The maximum atomic E-state index is 8.72. The summed E-state index contributed by atoms with van der Waals surface area (Å²) in [5, 5.41) is 8.72. The molecule has 3 heteroatoms. The minimum absolute atomic E-state index is 0.564. The molecule has 2 nitrogen and oxygen atoms in total. The Morgan fingerprint density at radius 1 is 1.13 bits per heavy atom. The van der Waals surface area contributed by atoms with Gasteiger partial charge in [-0.25, -0.2) is 0 Å². The van der Waals surface area contributed by atoms with E-state index in [1.807, 2.05) is 36.4 Å². The standard InChI is InChI=1S/C12H10N2S/c13-7-9-1-3-10(4-2-9)12-6-5-11(8-14)15-12/h1-6H,7,13H2. The van der Waals surface area contributed by atoms with E-state index < -0.39 is 0 Å². The minimum atomic E-state index is 0.564. The third-order valence-electron chi connectivity index (χ3n) is 2.19. The monoisotopic (exact) mass is 214 g/mol. The molecule has 0 saturated carbocycles. The van der Waals surface area contributed by atoms with Crippen molar-refractivity contribution in [3.05, 3.63) is 46.8 Å². The van der Waals surface area contributed by atoms with Crippen molar-refractivity contribution in [2.45, 2.75) is 6.54 Å². The van der Waals surface area contributed by atoms with E-state index in [2.05, 4.69) is 6.07 Å². The number of nitriles is 1. The van der Waals surface area contributed by atoms with Gasteiger partial charge < -0.3 is 5.73 Å². The molecule has 2 N–H and O–H groups in total. The highest BCUT2D eigenvalue weighted by Crippen LogP contribution is 2.27. The Balaban J connectivity index is 2.33. The first-order valence-corrected chi connectivity index (χ1v) is 5.44. The summed E-state index contributed by atoms with van der Waals surface area (Å²) >= 11 is 1.51. The van der Waals surface area contributed by atoms with Crippen molar-refractivity contribution in [2.75, 3.05) is 0 Å². The van der Waals surface area contributed by atoms with Gasteiger partial charge in [-0.15, -0.1) is 11.3 Å². The number of benzene rings is 1. The van der Waals surface area contributed by atoms with Crippen molar-refractivity contribution in [1.82, 2.24) is 0 Å². The van der Waals surface area contributed by atoms with Crippen LogP contribution in [0.2, 0.25) is 0 Å². The predicted molar refractivity (Wildman–Crippen MR) is 62.4 cm³/mol. The van der Waals surface area contributed by atoms with Crippen LogP contribution in [0.3, 0.4) is 0 Å². The Hall–Kier alpha value is -1.63. The summed E-state index contributed by atoms with van der Waals surface area (Å²) in [6.45, 7) is 0.564. The highest BCUT2D eigenvalue weighted by Gasteiger charge is 2.01. The van der Waals surface area contributed by atoms with Gasteiger partial charge in [0.15, 0.2) is 0 Å². The van der Waals surface area contributed by atoms with Crippen LogP contribution in [-0.4, -0.2) is 0 Å². The second kappa shape index (κ2) is 4.26. The molecule has 2 aromatic rings. The fourth-order valence-corrected chi connectivity index (χ4v) is 2.17. The van der Waals surface area contributed by atoms with Crippen molar-refractivity contribution in [3.8, 4) is 16.5 Å². The van der Waals surface area contributed by atoms with E-state index in [0.29, 0.717) is 6.54 Å². The van der Waals surface area contributed by atoms with E-state index in [0.717, 1.165) is 20.9 Å². The zero-order valence-corrected chi connectivity index (χ0v) is 8.92. The molecule has 15 heavy (non-hydrogen) atoms.